The van der Waals surface area contributed by atoms with E-state index in [9.17, 15) is 0 Å². The molecular formula is C20H31N5. The first-order chi connectivity index (χ1) is 12.3. The Bertz CT molecular complexity index is 683. The van der Waals surface area contributed by atoms with Crippen LogP contribution in [0.1, 0.15) is 45.2 Å². The number of aromatic nitrogens is 2. The number of nitrogens with two attached hydrogens (primary N) is 1. The summed E-state index contributed by atoms with van der Waals surface area (Å²) in [6.07, 6.45) is 7.19. The molecule has 2 aromatic rings. The van der Waals surface area contributed by atoms with Gasteiger partial charge in [0.1, 0.15) is 5.82 Å². The van der Waals surface area contributed by atoms with Crippen LogP contribution >= 0.6 is 0 Å². The lowest BCUT2D eigenvalue weighted by molar-refractivity contribution is 0.519. The molecule has 0 atom stereocenters. The molecule has 0 amide bonds. The van der Waals surface area contributed by atoms with Crippen LogP contribution in [-0.2, 0) is 13.1 Å². The third-order valence-corrected chi connectivity index (χ3v) is 4.97. The highest BCUT2D eigenvalue weighted by atomic mass is 15.2. The van der Waals surface area contributed by atoms with E-state index in [-0.39, 0.29) is 0 Å². The first kappa shape index (κ1) is 17.8. The van der Waals surface area contributed by atoms with Crippen LogP contribution < -0.4 is 16.0 Å². The number of anilines is 2. The molecule has 1 saturated heterocycles. The van der Waals surface area contributed by atoms with Crippen LogP contribution in [0.15, 0.2) is 24.4 Å². The average Bonchev–Trinajstić information content (AvgIpc) is 2.89. The predicted octanol–water partition coefficient (Wildman–Crippen LogP) is 3.64. The summed E-state index contributed by atoms with van der Waals surface area (Å²) in [4.78, 5) is 7.23. The summed E-state index contributed by atoms with van der Waals surface area (Å²) in [6, 6.07) is 6.27. The summed E-state index contributed by atoms with van der Waals surface area (Å²) in [5.74, 6) is 1.08. The molecule has 0 radical (unpaired) electrons. The lowest BCUT2D eigenvalue weighted by Crippen LogP contribution is -2.28. The topological polar surface area (TPSA) is 59.1 Å². The van der Waals surface area contributed by atoms with Crippen molar-refractivity contribution < 1.29 is 0 Å². The molecule has 0 aliphatic carbocycles. The monoisotopic (exact) mass is 341 g/mol. The second kappa shape index (κ2) is 8.39. The summed E-state index contributed by atoms with van der Waals surface area (Å²) < 4.78 is 2.35. The average molecular weight is 342 g/mol. The standard InChI is InChI=1S/C18H25N5.C2H6/c19-14-5-6-16(17(11-14)22-8-3-1-2-4-9-22)18-21-13-15-12-20-7-10-23(15)18;1-2/h5-6,11,13,20H,1-4,7-10,12,19H2;1-2H3. The lowest BCUT2D eigenvalue weighted by Gasteiger charge is -2.26. The molecule has 0 saturated carbocycles. The number of nitrogens with zero attached hydrogens (tertiary/aromatic N) is 3. The highest BCUT2D eigenvalue weighted by Crippen LogP contribution is 2.34. The molecular weight excluding hydrogens is 310 g/mol. The van der Waals surface area contributed by atoms with E-state index in [4.69, 9.17) is 10.7 Å². The van der Waals surface area contributed by atoms with Gasteiger partial charge in [0, 0.05) is 49.7 Å². The minimum atomic E-state index is 0.833. The van der Waals surface area contributed by atoms with E-state index in [1.54, 1.807) is 0 Å². The molecule has 136 valence electrons. The number of fused-ring (bicyclic) bond motifs is 1. The van der Waals surface area contributed by atoms with Crippen molar-refractivity contribution in [1.29, 1.82) is 0 Å². The SMILES string of the molecule is CC.Nc1ccc(-c2ncc3n2CCNC3)c(N2CCCCCC2)c1. The van der Waals surface area contributed by atoms with Gasteiger partial charge in [0.15, 0.2) is 0 Å². The third kappa shape index (κ3) is 3.82. The summed E-state index contributed by atoms with van der Waals surface area (Å²) in [7, 11) is 0. The molecule has 3 N–H and O–H groups in total. The number of rotatable bonds is 2. The molecule has 1 fully saturated rings. The number of imidazole rings is 1. The Hall–Kier alpha value is -2.01. The van der Waals surface area contributed by atoms with Gasteiger partial charge in [-0.05, 0) is 31.0 Å². The molecule has 0 spiro atoms. The van der Waals surface area contributed by atoms with E-state index in [0.29, 0.717) is 0 Å². The number of hydrogen-bond acceptors (Lipinski definition) is 4. The van der Waals surface area contributed by atoms with Crippen molar-refractivity contribution in [3.05, 3.63) is 30.1 Å². The van der Waals surface area contributed by atoms with Crippen LogP contribution in [0, 0.1) is 0 Å². The van der Waals surface area contributed by atoms with E-state index < -0.39 is 0 Å². The minimum Gasteiger partial charge on any atom is -0.399 e. The van der Waals surface area contributed by atoms with E-state index in [1.807, 2.05) is 26.1 Å². The molecule has 2 aliphatic heterocycles. The van der Waals surface area contributed by atoms with E-state index in [1.165, 1.54) is 42.6 Å². The number of hydrogen-bond donors (Lipinski definition) is 2. The lowest BCUT2D eigenvalue weighted by atomic mass is 10.1. The van der Waals surface area contributed by atoms with E-state index in [0.717, 1.165) is 44.2 Å². The van der Waals surface area contributed by atoms with Gasteiger partial charge in [0.2, 0.25) is 0 Å². The summed E-state index contributed by atoms with van der Waals surface area (Å²) in [5.41, 5.74) is 10.7. The van der Waals surface area contributed by atoms with Crippen molar-refractivity contribution in [2.24, 2.45) is 0 Å². The van der Waals surface area contributed by atoms with E-state index in [2.05, 4.69) is 26.9 Å². The Morgan fingerprint density at radius 2 is 1.80 bits per heavy atom. The van der Waals surface area contributed by atoms with Gasteiger partial charge in [0.25, 0.3) is 0 Å². The second-order valence-electron chi connectivity index (χ2n) is 6.58. The van der Waals surface area contributed by atoms with E-state index >= 15 is 0 Å². The van der Waals surface area contributed by atoms with Crippen LogP contribution in [0.3, 0.4) is 0 Å². The predicted molar refractivity (Wildman–Crippen MR) is 106 cm³/mol. The van der Waals surface area contributed by atoms with Crippen molar-refractivity contribution in [2.45, 2.75) is 52.6 Å². The largest absolute Gasteiger partial charge is 0.399 e. The van der Waals surface area contributed by atoms with Crippen LogP contribution in [0.25, 0.3) is 11.4 Å². The van der Waals surface area contributed by atoms with Crippen molar-refractivity contribution in [1.82, 2.24) is 14.9 Å². The van der Waals surface area contributed by atoms with Gasteiger partial charge in [-0.25, -0.2) is 4.98 Å². The van der Waals surface area contributed by atoms with Crippen molar-refractivity contribution in [3.63, 3.8) is 0 Å². The minimum absolute atomic E-state index is 0.833. The Morgan fingerprint density at radius 3 is 2.56 bits per heavy atom. The van der Waals surface area contributed by atoms with Gasteiger partial charge in [-0.15, -0.1) is 0 Å². The number of nitrogen functional groups attached to an aromatic ring is 1. The maximum absolute atomic E-state index is 6.10. The van der Waals surface area contributed by atoms with Crippen LogP contribution in [0.2, 0.25) is 0 Å². The zero-order valence-corrected chi connectivity index (χ0v) is 15.6. The van der Waals surface area contributed by atoms with Gasteiger partial charge < -0.3 is 20.5 Å². The molecule has 2 aliphatic rings. The Kier molecular flexibility index (Phi) is 5.97. The van der Waals surface area contributed by atoms with Gasteiger partial charge in [-0.2, -0.15) is 0 Å². The maximum atomic E-state index is 6.10. The first-order valence-corrected chi connectivity index (χ1v) is 9.73. The zero-order chi connectivity index (χ0) is 17.6. The second-order valence-corrected chi connectivity index (χ2v) is 6.58. The van der Waals surface area contributed by atoms with Gasteiger partial charge in [-0.3, -0.25) is 0 Å². The number of benzene rings is 1. The molecule has 5 heteroatoms. The Labute approximate surface area is 151 Å². The van der Waals surface area contributed by atoms with Crippen molar-refractivity contribution >= 4 is 11.4 Å². The van der Waals surface area contributed by atoms with Crippen LogP contribution in [0.5, 0.6) is 0 Å². The quantitative estimate of drug-likeness (QED) is 0.819. The van der Waals surface area contributed by atoms with Crippen molar-refractivity contribution in [3.8, 4) is 11.4 Å². The van der Waals surface area contributed by atoms with Gasteiger partial charge >= 0.3 is 0 Å². The highest BCUT2D eigenvalue weighted by Gasteiger charge is 2.20. The van der Waals surface area contributed by atoms with Gasteiger partial charge in [-0.1, -0.05) is 26.7 Å². The fourth-order valence-corrected chi connectivity index (χ4v) is 3.73. The Balaban J connectivity index is 0.000000880. The maximum Gasteiger partial charge on any atom is 0.142 e. The first-order valence-electron chi connectivity index (χ1n) is 9.73. The molecule has 4 rings (SSSR count). The highest BCUT2D eigenvalue weighted by molar-refractivity contribution is 5.78. The molecule has 1 aromatic carbocycles. The summed E-state index contributed by atoms with van der Waals surface area (Å²) >= 11 is 0. The smallest absolute Gasteiger partial charge is 0.142 e. The fraction of sp³-hybridized carbons (Fsp3) is 0.550. The normalized spacial score (nSPS) is 17.3. The van der Waals surface area contributed by atoms with Gasteiger partial charge in [0.05, 0.1) is 11.9 Å². The van der Waals surface area contributed by atoms with Crippen LogP contribution in [0.4, 0.5) is 11.4 Å². The number of nitrogens with one attached hydrogen (secondary N) is 1. The molecule has 25 heavy (non-hydrogen) atoms. The van der Waals surface area contributed by atoms with Crippen molar-refractivity contribution in [2.75, 3.05) is 30.3 Å². The third-order valence-electron chi connectivity index (χ3n) is 4.97. The Morgan fingerprint density at radius 1 is 1.04 bits per heavy atom. The summed E-state index contributed by atoms with van der Waals surface area (Å²) in [5, 5.41) is 3.41. The molecule has 5 nitrogen and oxygen atoms in total. The summed E-state index contributed by atoms with van der Waals surface area (Å²) in [6.45, 7) is 9.12. The molecule has 0 bridgehead atoms. The fourth-order valence-electron chi connectivity index (χ4n) is 3.73. The van der Waals surface area contributed by atoms with Crippen LogP contribution in [-0.4, -0.2) is 29.2 Å². The zero-order valence-electron chi connectivity index (χ0n) is 15.6. The molecule has 3 heterocycles. The molecule has 1 aromatic heterocycles. The molecule has 0 unspecified atom stereocenters.